The Bertz CT molecular complexity index is 940. The van der Waals surface area contributed by atoms with Gasteiger partial charge in [0.15, 0.2) is 5.78 Å². The number of allylic oxidation sites excluding steroid dienone is 4. The average molecular weight is 272 g/mol. The number of fused-ring (bicyclic) bond motifs is 3. The number of carbonyl (C=O) groups excluding carboxylic acids is 1. The predicted octanol–water partition coefficient (Wildman–Crippen LogP) is 4.09. The third-order valence-electron chi connectivity index (χ3n) is 3.58. The summed E-state index contributed by atoms with van der Waals surface area (Å²) < 4.78 is 0. The van der Waals surface area contributed by atoms with Gasteiger partial charge in [-0.25, -0.2) is 4.99 Å². The van der Waals surface area contributed by atoms with E-state index in [2.05, 4.69) is 28.2 Å². The summed E-state index contributed by atoms with van der Waals surface area (Å²) in [6.07, 6.45) is 6.54. The molecule has 1 N–H and O–H groups in total. The fourth-order valence-electron chi connectivity index (χ4n) is 2.58. The van der Waals surface area contributed by atoms with Crippen LogP contribution in [0.1, 0.15) is 0 Å². The molecule has 0 unspecified atom stereocenters. The van der Waals surface area contributed by atoms with Gasteiger partial charge in [-0.1, -0.05) is 18.2 Å². The predicted molar refractivity (Wildman–Crippen MR) is 86.2 cm³/mol. The van der Waals surface area contributed by atoms with Crippen LogP contribution < -0.4 is 0 Å². The fraction of sp³-hybridized carbons (Fsp3) is 0. The van der Waals surface area contributed by atoms with Gasteiger partial charge in [-0.05, 0) is 48.6 Å². The molecule has 0 aliphatic heterocycles. The van der Waals surface area contributed by atoms with E-state index < -0.39 is 0 Å². The third-order valence-corrected chi connectivity index (χ3v) is 3.58. The first-order valence-electron chi connectivity index (χ1n) is 6.79. The van der Waals surface area contributed by atoms with Crippen LogP contribution >= 0.6 is 0 Å². The number of hydrogen-bond acceptors (Lipinski definition) is 2. The van der Waals surface area contributed by atoms with E-state index in [9.17, 15) is 4.79 Å². The number of rotatable bonds is 1. The molecule has 0 atom stereocenters. The normalized spacial score (nSPS) is 14.3. The van der Waals surface area contributed by atoms with Gasteiger partial charge < -0.3 is 4.98 Å². The first-order valence-corrected chi connectivity index (χ1v) is 6.79. The van der Waals surface area contributed by atoms with E-state index in [-0.39, 0.29) is 5.78 Å². The van der Waals surface area contributed by atoms with Crippen LogP contribution in [0.25, 0.3) is 21.8 Å². The van der Waals surface area contributed by atoms with Gasteiger partial charge in [0.2, 0.25) is 0 Å². The fourth-order valence-corrected chi connectivity index (χ4v) is 2.58. The highest BCUT2D eigenvalue weighted by Gasteiger charge is 2.05. The van der Waals surface area contributed by atoms with Crippen LogP contribution in [0.3, 0.4) is 0 Å². The van der Waals surface area contributed by atoms with Crippen molar-refractivity contribution >= 4 is 39.0 Å². The number of carbonyl (C=O) groups is 1. The Morgan fingerprint density at radius 2 is 1.57 bits per heavy atom. The van der Waals surface area contributed by atoms with Gasteiger partial charge in [0.1, 0.15) is 0 Å². The van der Waals surface area contributed by atoms with E-state index in [4.69, 9.17) is 0 Å². The minimum absolute atomic E-state index is 0.000954. The summed E-state index contributed by atoms with van der Waals surface area (Å²) in [5, 5.41) is 2.35. The zero-order valence-corrected chi connectivity index (χ0v) is 11.2. The van der Waals surface area contributed by atoms with Crippen LogP contribution in [-0.4, -0.2) is 16.5 Å². The summed E-state index contributed by atoms with van der Waals surface area (Å²) >= 11 is 0. The van der Waals surface area contributed by atoms with Crippen LogP contribution in [0.15, 0.2) is 71.8 Å². The summed E-state index contributed by atoms with van der Waals surface area (Å²) in [4.78, 5) is 19.1. The molecule has 3 aromatic rings. The molecule has 0 fully saturated rings. The monoisotopic (exact) mass is 272 g/mol. The molecule has 100 valence electrons. The summed E-state index contributed by atoms with van der Waals surface area (Å²) in [7, 11) is 0. The van der Waals surface area contributed by atoms with Crippen molar-refractivity contribution in [3.8, 4) is 0 Å². The van der Waals surface area contributed by atoms with Gasteiger partial charge in [-0.3, -0.25) is 4.79 Å². The van der Waals surface area contributed by atoms with Crippen LogP contribution in [0.2, 0.25) is 0 Å². The van der Waals surface area contributed by atoms with Gasteiger partial charge in [0, 0.05) is 21.8 Å². The molecule has 1 aliphatic carbocycles. The standard InChI is InChI=1S/C18H12N2O/c21-14-8-5-12(6-9-14)19-13-7-10-18-16(11-13)15-3-1-2-4-17(15)20-18/h1-11,20H. The minimum atomic E-state index is 0.000954. The molecule has 0 saturated heterocycles. The lowest BCUT2D eigenvalue weighted by molar-refractivity contribution is -0.110. The lowest BCUT2D eigenvalue weighted by Gasteiger charge is -2.00. The molecule has 1 aromatic heterocycles. The maximum Gasteiger partial charge on any atom is 0.178 e. The number of nitrogens with zero attached hydrogens (tertiary/aromatic N) is 1. The Labute approximate surface area is 121 Å². The zero-order chi connectivity index (χ0) is 14.2. The quantitative estimate of drug-likeness (QED) is 0.666. The molecule has 3 nitrogen and oxygen atoms in total. The number of benzene rings is 2. The highest BCUT2D eigenvalue weighted by molar-refractivity contribution is 6.17. The van der Waals surface area contributed by atoms with Crippen molar-refractivity contribution in [2.75, 3.05) is 0 Å². The van der Waals surface area contributed by atoms with Gasteiger partial charge >= 0.3 is 0 Å². The lowest BCUT2D eigenvalue weighted by Crippen LogP contribution is -1.98. The second kappa shape index (κ2) is 4.56. The molecule has 0 radical (unpaired) electrons. The van der Waals surface area contributed by atoms with Gasteiger partial charge in [-0.2, -0.15) is 0 Å². The number of hydrogen-bond donors (Lipinski definition) is 1. The molecule has 21 heavy (non-hydrogen) atoms. The summed E-state index contributed by atoms with van der Waals surface area (Å²) in [5.74, 6) is 0.000954. The van der Waals surface area contributed by atoms with Gasteiger partial charge in [-0.15, -0.1) is 0 Å². The van der Waals surface area contributed by atoms with Crippen LogP contribution in [0, 0.1) is 0 Å². The Hall–Kier alpha value is -2.94. The minimum Gasteiger partial charge on any atom is -0.355 e. The maximum atomic E-state index is 11.1. The summed E-state index contributed by atoms with van der Waals surface area (Å²) in [5.41, 5.74) is 3.89. The van der Waals surface area contributed by atoms with E-state index in [1.165, 1.54) is 17.5 Å². The SMILES string of the molecule is O=C1C=CC(=Nc2ccc3[nH]c4ccccc4c3c2)C=C1. The second-order valence-corrected chi connectivity index (χ2v) is 5.01. The highest BCUT2D eigenvalue weighted by atomic mass is 16.1. The van der Waals surface area contributed by atoms with Crippen molar-refractivity contribution < 1.29 is 4.79 Å². The second-order valence-electron chi connectivity index (χ2n) is 5.01. The van der Waals surface area contributed by atoms with Crippen LogP contribution in [0.5, 0.6) is 0 Å². The van der Waals surface area contributed by atoms with Crippen molar-refractivity contribution in [3.63, 3.8) is 0 Å². The van der Waals surface area contributed by atoms with Crippen molar-refractivity contribution in [1.82, 2.24) is 4.98 Å². The van der Waals surface area contributed by atoms with Gasteiger partial charge in [0.05, 0.1) is 11.4 Å². The van der Waals surface area contributed by atoms with Gasteiger partial charge in [0.25, 0.3) is 0 Å². The first kappa shape index (κ1) is 11.9. The molecule has 3 heteroatoms. The number of para-hydroxylation sites is 1. The number of ketones is 1. The van der Waals surface area contributed by atoms with Crippen molar-refractivity contribution in [2.24, 2.45) is 4.99 Å². The van der Waals surface area contributed by atoms with Crippen molar-refractivity contribution in [2.45, 2.75) is 0 Å². The number of nitrogens with one attached hydrogen (secondary N) is 1. The Morgan fingerprint density at radius 1 is 0.810 bits per heavy atom. The third kappa shape index (κ3) is 2.09. The average Bonchev–Trinajstić information content (AvgIpc) is 2.88. The molecular formula is C18H12N2O. The summed E-state index contributed by atoms with van der Waals surface area (Å²) in [6.45, 7) is 0. The molecule has 0 amide bonds. The maximum absolute atomic E-state index is 11.1. The van der Waals surface area contributed by atoms with Crippen LogP contribution in [0.4, 0.5) is 5.69 Å². The van der Waals surface area contributed by atoms with E-state index >= 15 is 0 Å². The molecular weight excluding hydrogens is 260 g/mol. The van der Waals surface area contributed by atoms with E-state index in [0.29, 0.717) is 0 Å². The first-order chi connectivity index (χ1) is 10.3. The topological polar surface area (TPSA) is 45.2 Å². The Kier molecular flexibility index (Phi) is 2.57. The number of aliphatic imine (C=N–C) groups is 1. The molecule has 0 saturated carbocycles. The van der Waals surface area contributed by atoms with E-state index in [1.54, 1.807) is 12.2 Å². The molecule has 1 heterocycles. The smallest absolute Gasteiger partial charge is 0.178 e. The largest absolute Gasteiger partial charge is 0.355 e. The molecule has 1 aliphatic rings. The highest BCUT2D eigenvalue weighted by Crippen LogP contribution is 2.28. The molecule has 4 rings (SSSR count). The number of aromatic nitrogens is 1. The number of H-pyrrole nitrogens is 1. The lowest BCUT2D eigenvalue weighted by atomic mass is 10.1. The Balaban J connectivity index is 1.85. The zero-order valence-electron chi connectivity index (χ0n) is 11.2. The Morgan fingerprint density at radius 3 is 2.43 bits per heavy atom. The van der Waals surface area contributed by atoms with Crippen molar-refractivity contribution in [1.29, 1.82) is 0 Å². The van der Waals surface area contributed by atoms with E-state index in [1.807, 2.05) is 24.3 Å². The van der Waals surface area contributed by atoms with Crippen molar-refractivity contribution in [3.05, 3.63) is 66.8 Å². The van der Waals surface area contributed by atoms with Crippen LogP contribution in [-0.2, 0) is 4.79 Å². The molecule has 0 bridgehead atoms. The molecule has 0 spiro atoms. The van der Waals surface area contributed by atoms with E-state index in [0.717, 1.165) is 27.8 Å². The summed E-state index contributed by atoms with van der Waals surface area (Å²) in [6, 6.07) is 14.3. The number of aromatic amines is 1. The molecule has 2 aromatic carbocycles.